The van der Waals surface area contributed by atoms with Crippen LogP contribution in [-0.4, -0.2) is 0 Å². The van der Waals surface area contributed by atoms with Crippen LogP contribution in [0.1, 0.15) is 0 Å². The minimum Gasteiger partial charge on any atom is -0.123 e. The molecule has 0 saturated heterocycles. The molecular formula is C10H6ClS. The third kappa shape index (κ3) is 1.52. The van der Waals surface area contributed by atoms with Crippen LogP contribution in [0.3, 0.4) is 0 Å². The van der Waals surface area contributed by atoms with Crippen LogP contribution in [0.25, 0.3) is 10.4 Å². The highest BCUT2D eigenvalue weighted by Gasteiger charge is 1.98. The largest absolute Gasteiger partial charge is 0.123 e. The topological polar surface area (TPSA) is 0 Å². The van der Waals surface area contributed by atoms with Crippen molar-refractivity contribution in [2.45, 2.75) is 0 Å². The van der Waals surface area contributed by atoms with Gasteiger partial charge in [-0.05, 0) is 29.8 Å². The Morgan fingerprint density at radius 2 is 2.17 bits per heavy atom. The van der Waals surface area contributed by atoms with Gasteiger partial charge < -0.3 is 0 Å². The number of hydrogen-bond donors (Lipinski definition) is 0. The van der Waals surface area contributed by atoms with E-state index in [-0.39, 0.29) is 0 Å². The van der Waals surface area contributed by atoms with Gasteiger partial charge in [-0.2, -0.15) is 0 Å². The normalized spacial score (nSPS) is 10.1. The molecule has 0 aliphatic carbocycles. The van der Waals surface area contributed by atoms with Crippen LogP contribution >= 0.6 is 22.9 Å². The highest BCUT2D eigenvalue weighted by Crippen LogP contribution is 2.30. The summed E-state index contributed by atoms with van der Waals surface area (Å²) in [5, 5.41) is 0. The van der Waals surface area contributed by atoms with Crippen LogP contribution in [-0.2, 0) is 0 Å². The first kappa shape index (κ1) is 7.84. The summed E-state index contributed by atoms with van der Waals surface area (Å²) in [6, 6.07) is 14.8. The Labute approximate surface area is 80.4 Å². The maximum atomic E-state index is 5.82. The molecule has 0 aliphatic rings. The zero-order chi connectivity index (χ0) is 8.39. The van der Waals surface area contributed by atoms with E-state index >= 15 is 0 Å². The number of hydrogen-bond acceptors (Lipinski definition) is 1. The molecule has 59 valence electrons. The molecule has 0 fully saturated rings. The van der Waals surface area contributed by atoms with E-state index in [1.807, 2.05) is 30.3 Å². The fourth-order valence-electron chi connectivity index (χ4n) is 1.02. The van der Waals surface area contributed by atoms with Crippen molar-refractivity contribution in [3.8, 4) is 10.4 Å². The van der Waals surface area contributed by atoms with Gasteiger partial charge in [0.25, 0.3) is 0 Å². The third-order valence-electron chi connectivity index (χ3n) is 1.56. The molecular weight excluding hydrogens is 188 g/mol. The van der Waals surface area contributed by atoms with Gasteiger partial charge in [0, 0.05) is 4.88 Å². The lowest BCUT2D eigenvalue weighted by Crippen LogP contribution is -1.67. The monoisotopic (exact) mass is 193 g/mol. The highest BCUT2D eigenvalue weighted by molar-refractivity contribution is 7.19. The van der Waals surface area contributed by atoms with Crippen molar-refractivity contribution in [1.82, 2.24) is 0 Å². The Morgan fingerprint density at radius 1 is 1.25 bits per heavy atom. The summed E-state index contributed by atoms with van der Waals surface area (Å²) < 4.78 is 0.828. The zero-order valence-electron chi connectivity index (χ0n) is 6.25. The summed E-state index contributed by atoms with van der Waals surface area (Å²) in [7, 11) is 0. The van der Waals surface area contributed by atoms with Crippen LogP contribution in [0.15, 0.2) is 36.4 Å². The average Bonchev–Trinajstić information content (AvgIpc) is 2.54. The Bertz CT molecular complexity index is 364. The smallest absolute Gasteiger partial charge is 0.0934 e. The van der Waals surface area contributed by atoms with Gasteiger partial charge in [0.15, 0.2) is 0 Å². The minimum absolute atomic E-state index is 0.828. The minimum atomic E-state index is 0.828. The number of benzene rings is 1. The molecule has 0 amide bonds. The van der Waals surface area contributed by atoms with Crippen molar-refractivity contribution in [3.05, 3.63) is 46.8 Å². The number of rotatable bonds is 1. The Balaban J connectivity index is 2.45. The van der Waals surface area contributed by atoms with Gasteiger partial charge in [-0.25, -0.2) is 0 Å². The van der Waals surface area contributed by atoms with E-state index in [1.165, 1.54) is 10.4 Å². The average molecular weight is 194 g/mol. The van der Waals surface area contributed by atoms with Crippen molar-refractivity contribution in [1.29, 1.82) is 0 Å². The van der Waals surface area contributed by atoms with Gasteiger partial charge in [0.05, 0.1) is 4.34 Å². The lowest BCUT2D eigenvalue weighted by molar-refractivity contribution is 1.68. The molecule has 0 N–H and O–H groups in total. The van der Waals surface area contributed by atoms with E-state index in [1.54, 1.807) is 11.3 Å². The Hall–Kier alpha value is -0.790. The van der Waals surface area contributed by atoms with E-state index in [4.69, 9.17) is 11.6 Å². The van der Waals surface area contributed by atoms with Crippen LogP contribution in [0.2, 0.25) is 4.34 Å². The summed E-state index contributed by atoms with van der Waals surface area (Å²) in [4.78, 5) is 1.19. The molecule has 0 saturated carbocycles. The van der Waals surface area contributed by atoms with Gasteiger partial charge in [0.2, 0.25) is 0 Å². The maximum Gasteiger partial charge on any atom is 0.0934 e. The molecule has 2 rings (SSSR count). The molecule has 0 nitrogen and oxygen atoms in total. The van der Waals surface area contributed by atoms with Crippen LogP contribution in [0.5, 0.6) is 0 Å². The molecule has 0 spiro atoms. The standard InChI is InChI=1S/C10H6ClS/c11-10-7-6-9(12-10)8-4-2-1-3-5-8/h1-2,4-7H. The third-order valence-corrected chi connectivity index (χ3v) is 2.85. The summed E-state index contributed by atoms with van der Waals surface area (Å²) in [6.07, 6.45) is 0. The van der Waals surface area contributed by atoms with Gasteiger partial charge in [-0.15, -0.1) is 11.3 Å². The lowest BCUT2D eigenvalue weighted by Gasteiger charge is -1.93. The molecule has 2 heteroatoms. The van der Waals surface area contributed by atoms with Gasteiger partial charge in [-0.3, -0.25) is 0 Å². The molecule has 1 aromatic heterocycles. The van der Waals surface area contributed by atoms with Gasteiger partial charge in [0.1, 0.15) is 0 Å². The van der Waals surface area contributed by atoms with Crippen molar-refractivity contribution in [2.75, 3.05) is 0 Å². The molecule has 1 radical (unpaired) electrons. The Morgan fingerprint density at radius 3 is 2.75 bits per heavy atom. The van der Waals surface area contributed by atoms with Crippen LogP contribution in [0.4, 0.5) is 0 Å². The molecule has 0 unspecified atom stereocenters. The van der Waals surface area contributed by atoms with E-state index < -0.39 is 0 Å². The van der Waals surface area contributed by atoms with Crippen molar-refractivity contribution in [3.63, 3.8) is 0 Å². The zero-order valence-corrected chi connectivity index (χ0v) is 7.82. The predicted octanol–water partition coefficient (Wildman–Crippen LogP) is 3.87. The second-order valence-corrected chi connectivity index (χ2v) is 4.11. The molecule has 0 atom stereocenters. The first-order valence-electron chi connectivity index (χ1n) is 3.58. The number of halogens is 1. The molecule has 1 heterocycles. The molecule has 0 aliphatic heterocycles. The fraction of sp³-hybridized carbons (Fsp3) is 0. The van der Waals surface area contributed by atoms with Crippen LogP contribution < -0.4 is 0 Å². The predicted molar refractivity (Wildman–Crippen MR) is 53.6 cm³/mol. The fourth-order valence-corrected chi connectivity index (χ4v) is 2.06. The van der Waals surface area contributed by atoms with E-state index in [0.29, 0.717) is 0 Å². The highest BCUT2D eigenvalue weighted by atomic mass is 35.5. The summed E-state index contributed by atoms with van der Waals surface area (Å²) in [6.45, 7) is 0. The summed E-state index contributed by atoms with van der Waals surface area (Å²) >= 11 is 7.40. The summed E-state index contributed by atoms with van der Waals surface area (Å²) in [5.41, 5.74) is 1.18. The molecule has 0 bridgehead atoms. The van der Waals surface area contributed by atoms with E-state index in [0.717, 1.165) is 4.34 Å². The second kappa shape index (κ2) is 3.30. The molecule has 1 aromatic carbocycles. The quantitative estimate of drug-likeness (QED) is 0.645. The van der Waals surface area contributed by atoms with Crippen molar-refractivity contribution in [2.24, 2.45) is 0 Å². The van der Waals surface area contributed by atoms with Crippen LogP contribution in [0, 0.1) is 6.07 Å². The second-order valence-electron chi connectivity index (χ2n) is 2.40. The Kier molecular flexibility index (Phi) is 2.15. The molecule has 12 heavy (non-hydrogen) atoms. The molecule has 2 aromatic rings. The SMILES string of the molecule is Clc1ccc(-c2c[c]ccc2)s1. The van der Waals surface area contributed by atoms with Gasteiger partial charge in [-0.1, -0.05) is 29.8 Å². The summed E-state index contributed by atoms with van der Waals surface area (Å²) in [5.74, 6) is 0. The van der Waals surface area contributed by atoms with Crippen molar-refractivity contribution >= 4 is 22.9 Å². The van der Waals surface area contributed by atoms with E-state index in [9.17, 15) is 0 Å². The number of thiophene rings is 1. The van der Waals surface area contributed by atoms with E-state index in [2.05, 4.69) is 12.1 Å². The maximum absolute atomic E-state index is 5.82. The lowest BCUT2D eigenvalue weighted by atomic mass is 10.2. The van der Waals surface area contributed by atoms with Crippen molar-refractivity contribution < 1.29 is 0 Å². The van der Waals surface area contributed by atoms with Gasteiger partial charge >= 0.3 is 0 Å². The first-order chi connectivity index (χ1) is 5.86. The first-order valence-corrected chi connectivity index (χ1v) is 4.77.